The average Bonchev–Trinajstić information content (AvgIpc) is 2.99. The highest BCUT2D eigenvalue weighted by atomic mass is 19.1. The summed E-state index contributed by atoms with van der Waals surface area (Å²) in [6.07, 6.45) is 1.93. The van der Waals surface area contributed by atoms with Gasteiger partial charge in [-0.3, -0.25) is 4.79 Å². The van der Waals surface area contributed by atoms with Crippen LogP contribution in [0.1, 0.15) is 42.3 Å². The third-order valence-electron chi connectivity index (χ3n) is 4.03. The van der Waals surface area contributed by atoms with Gasteiger partial charge in [-0.1, -0.05) is 13.8 Å². The SMILES string of the molecule is CC(C)Cc1cc(C(=O)NCCCc2nc3ccc(F)cc3[nH]2)nc(=O)[nH]1. The molecule has 0 spiro atoms. The van der Waals surface area contributed by atoms with Crippen LogP contribution in [-0.4, -0.2) is 32.4 Å². The van der Waals surface area contributed by atoms with E-state index >= 15 is 0 Å². The monoisotopic (exact) mass is 371 g/mol. The Bertz CT molecular complexity index is 1010. The number of hydrogen-bond acceptors (Lipinski definition) is 4. The smallest absolute Gasteiger partial charge is 0.345 e. The van der Waals surface area contributed by atoms with Gasteiger partial charge in [0.1, 0.15) is 17.3 Å². The van der Waals surface area contributed by atoms with Gasteiger partial charge in [0.2, 0.25) is 0 Å². The van der Waals surface area contributed by atoms with Gasteiger partial charge in [-0.05, 0) is 43.0 Å². The minimum atomic E-state index is -0.521. The van der Waals surface area contributed by atoms with Crippen molar-refractivity contribution in [1.29, 1.82) is 0 Å². The summed E-state index contributed by atoms with van der Waals surface area (Å²) < 4.78 is 13.2. The van der Waals surface area contributed by atoms with E-state index in [9.17, 15) is 14.0 Å². The lowest BCUT2D eigenvalue weighted by atomic mass is 10.1. The minimum Gasteiger partial charge on any atom is -0.351 e. The molecular weight excluding hydrogens is 349 g/mol. The van der Waals surface area contributed by atoms with E-state index in [1.54, 1.807) is 12.1 Å². The van der Waals surface area contributed by atoms with Crippen LogP contribution in [0.4, 0.5) is 4.39 Å². The number of imidazole rings is 1. The molecule has 0 fully saturated rings. The van der Waals surface area contributed by atoms with Gasteiger partial charge in [-0.15, -0.1) is 0 Å². The van der Waals surface area contributed by atoms with Crippen LogP contribution in [0.25, 0.3) is 11.0 Å². The Morgan fingerprint density at radius 3 is 2.81 bits per heavy atom. The lowest BCUT2D eigenvalue weighted by Crippen LogP contribution is -2.29. The molecule has 0 radical (unpaired) electrons. The first-order valence-electron chi connectivity index (χ1n) is 8.93. The summed E-state index contributed by atoms with van der Waals surface area (Å²) in [5.41, 5.74) is 1.66. The molecule has 142 valence electrons. The Labute approximate surface area is 155 Å². The third-order valence-corrected chi connectivity index (χ3v) is 4.03. The summed E-state index contributed by atoms with van der Waals surface area (Å²) in [6.45, 7) is 4.48. The number of aromatic nitrogens is 4. The second-order valence-corrected chi connectivity index (χ2v) is 6.90. The first-order valence-corrected chi connectivity index (χ1v) is 8.93. The van der Waals surface area contributed by atoms with E-state index in [4.69, 9.17) is 0 Å². The van der Waals surface area contributed by atoms with Crippen molar-refractivity contribution < 1.29 is 9.18 Å². The Morgan fingerprint density at radius 2 is 2.04 bits per heavy atom. The molecule has 0 saturated heterocycles. The predicted molar refractivity (Wildman–Crippen MR) is 100 cm³/mol. The van der Waals surface area contributed by atoms with Gasteiger partial charge in [0.05, 0.1) is 11.0 Å². The van der Waals surface area contributed by atoms with Crippen LogP contribution < -0.4 is 11.0 Å². The number of carbonyl (C=O) groups excluding carboxylic acids is 1. The zero-order chi connectivity index (χ0) is 19.4. The van der Waals surface area contributed by atoms with E-state index in [2.05, 4.69) is 25.3 Å². The van der Waals surface area contributed by atoms with Crippen molar-refractivity contribution in [3.8, 4) is 0 Å². The molecule has 3 aromatic rings. The summed E-state index contributed by atoms with van der Waals surface area (Å²) in [6, 6.07) is 6.01. The van der Waals surface area contributed by atoms with Crippen LogP contribution in [0, 0.1) is 11.7 Å². The maximum absolute atomic E-state index is 13.2. The van der Waals surface area contributed by atoms with Gasteiger partial charge < -0.3 is 15.3 Å². The number of carbonyl (C=O) groups is 1. The highest BCUT2D eigenvalue weighted by molar-refractivity contribution is 5.92. The number of nitrogens with one attached hydrogen (secondary N) is 3. The lowest BCUT2D eigenvalue weighted by Gasteiger charge is -2.07. The molecule has 0 saturated carbocycles. The zero-order valence-corrected chi connectivity index (χ0v) is 15.3. The quantitative estimate of drug-likeness (QED) is 0.555. The number of halogens is 1. The van der Waals surface area contributed by atoms with Gasteiger partial charge >= 0.3 is 5.69 Å². The number of aryl methyl sites for hydroxylation is 1. The van der Waals surface area contributed by atoms with Crippen LogP contribution in [0.15, 0.2) is 29.1 Å². The predicted octanol–water partition coefficient (Wildman–Crippen LogP) is 2.35. The number of hydrogen-bond donors (Lipinski definition) is 3. The first kappa shape index (κ1) is 18.8. The van der Waals surface area contributed by atoms with E-state index in [0.29, 0.717) is 48.5 Å². The number of aromatic amines is 2. The number of rotatable bonds is 7. The van der Waals surface area contributed by atoms with Crippen molar-refractivity contribution in [2.75, 3.05) is 6.54 Å². The molecule has 27 heavy (non-hydrogen) atoms. The molecule has 2 heterocycles. The van der Waals surface area contributed by atoms with Crippen molar-refractivity contribution in [2.45, 2.75) is 33.1 Å². The third kappa shape index (κ3) is 4.99. The van der Waals surface area contributed by atoms with Crippen molar-refractivity contribution in [3.05, 3.63) is 57.8 Å². The van der Waals surface area contributed by atoms with Gasteiger partial charge in [0, 0.05) is 18.7 Å². The first-order chi connectivity index (χ1) is 12.9. The number of H-pyrrole nitrogens is 2. The van der Waals surface area contributed by atoms with E-state index in [1.165, 1.54) is 12.1 Å². The normalized spacial score (nSPS) is 11.3. The van der Waals surface area contributed by atoms with Crippen molar-refractivity contribution in [2.24, 2.45) is 5.92 Å². The molecule has 3 rings (SSSR count). The maximum Gasteiger partial charge on any atom is 0.345 e. The molecule has 0 aliphatic rings. The largest absolute Gasteiger partial charge is 0.351 e. The summed E-state index contributed by atoms with van der Waals surface area (Å²) in [4.78, 5) is 37.7. The summed E-state index contributed by atoms with van der Waals surface area (Å²) in [5.74, 6) is 0.402. The minimum absolute atomic E-state index is 0.119. The van der Waals surface area contributed by atoms with Gasteiger partial charge in [-0.25, -0.2) is 14.2 Å². The second-order valence-electron chi connectivity index (χ2n) is 6.90. The second kappa shape index (κ2) is 8.11. The van der Waals surface area contributed by atoms with Crippen molar-refractivity contribution in [1.82, 2.24) is 25.3 Å². The van der Waals surface area contributed by atoms with Gasteiger partial charge in [-0.2, -0.15) is 4.98 Å². The summed E-state index contributed by atoms with van der Waals surface area (Å²) in [5, 5.41) is 2.76. The maximum atomic E-state index is 13.2. The summed E-state index contributed by atoms with van der Waals surface area (Å²) in [7, 11) is 0. The molecule has 3 N–H and O–H groups in total. The van der Waals surface area contributed by atoms with Crippen molar-refractivity contribution >= 4 is 16.9 Å². The molecule has 0 bridgehead atoms. The van der Waals surface area contributed by atoms with Gasteiger partial charge in [0.25, 0.3) is 5.91 Å². The molecule has 0 aliphatic heterocycles. The molecule has 0 aliphatic carbocycles. The topological polar surface area (TPSA) is 104 Å². The molecule has 2 aromatic heterocycles. The van der Waals surface area contributed by atoms with E-state index < -0.39 is 5.69 Å². The lowest BCUT2D eigenvalue weighted by molar-refractivity contribution is 0.0947. The van der Waals surface area contributed by atoms with Crippen LogP contribution in [0.2, 0.25) is 0 Å². The Balaban J connectivity index is 1.54. The van der Waals surface area contributed by atoms with E-state index in [1.807, 2.05) is 13.8 Å². The number of amides is 1. The molecular formula is C19H22FN5O2. The zero-order valence-electron chi connectivity index (χ0n) is 15.3. The number of fused-ring (bicyclic) bond motifs is 1. The fraction of sp³-hybridized carbons (Fsp3) is 0.368. The van der Waals surface area contributed by atoms with E-state index in [0.717, 1.165) is 5.82 Å². The van der Waals surface area contributed by atoms with Crippen LogP contribution in [0.5, 0.6) is 0 Å². The summed E-state index contributed by atoms with van der Waals surface area (Å²) >= 11 is 0. The number of nitrogens with zero attached hydrogens (tertiary/aromatic N) is 2. The van der Waals surface area contributed by atoms with Gasteiger partial charge in [0.15, 0.2) is 0 Å². The Hall–Kier alpha value is -3.03. The average molecular weight is 371 g/mol. The fourth-order valence-corrected chi connectivity index (χ4v) is 2.88. The molecule has 0 unspecified atom stereocenters. The Morgan fingerprint density at radius 1 is 1.22 bits per heavy atom. The van der Waals surface area contributed by atoms with Crippen LogP contribution >= 0.6 is 0 Å². The highest BCUT2D eigenvalue weighted by Crippen LogP contribution is 2.13. The Kier molecular flexibility index (Phi) is 5.63. The fourth-order valence-electron chi connectivity index (χ4n) is 2.88. The molecule has 1 aromatic carbocycles. The molecule has 0 atom stereocenters. The molecule has 7 nitrogen and oxygen atoms in total. The molecule has 1 amide bonds. The van der Waals surface area contributed by atoms with Crippen molar-refractivity contribution in [3.63, 3.8) is 0 Å². The van der Waals surface area contributed by atoms with Crippen LogP contribution in [-0.2, 0) is 12.8 Å². The number of benzene rings is 1. The highest BCUT2D eigenvalue weighted by Gasteiger charge is 2.11. The van der Waals surface area contributed by atoms with Crippen LogP contribution in [0.3, 0.4) is 0 Å². The van der Waals surface area contributed by atoms with E-state index in [-0.39, 0.29) is 17.4 Å². The molecule has 8 heteroatoms. The standard InChI is InChI=1S/C19H22FN5O2/c1-11(2)8-13-10-16(25-19(27)22-13)18(26)21-7-3-4-17-23-14-6-5-12(20)9-15(14)24-17/h5-6,9-11H,3-4,7-8H2,1-2H3,(H,21,26)(H,23,24)(H,22,25,27).